The highest BCUT2D eigenvalue weighted by molar-refractivity contribution is 6.06. The van der Waals surface area contributed by atoms with E-state index in [2.05, 4.69) is 20.3 Å². The van der Waals surface area contributed by atoms with Gasteiger partial charge in [0.25, 0.3) is 5.91 Å². The Bertz CT molecular complexity index is 1110. The van der Waals surface area contributed by atoms with Crippen molar-refractivity contribution in [1.29, 1.82) is 0 Å². The first kappa shape index (κ1) is 17.1. The summed E-state index contributed by atoms with van der Waals surface area (Å²) in [7, 11) is 0. The molecule has 1 atom stereocenters. The van der Waals surface area contributed by atoms with Crippen LogP contribution in [0.5, 0.6) is 0 Å². The highest BCUT2D eigenvalue weighted by atomic mass is 16.1. The molecule has 3 heterocycles. The molecule has 4 rings (SSSR count). The Balaban J connectivity index is 1.70. The van der Waals surface area contributed by atoms with Gasteiger partial charge in [0.15, 0.2) is 0 Å². The van der Waals surface area contributed by atoms with E-state index in [1.54, 1.807) is 6.20 Å². The molecule has 0 aliphatic rings. The van der Waals surface area contributed by atoms with Gasteiger partial charge in [-0.3, -0.25) is 14.2 Å². The molecule has 6 heteroatoms. The maximum absolute atomic E-state index is 13.1. The average molecular weight is 359 g/mol. The van der Waals surface area contributed by atoms with Crippen molar-refractivity contribution in [3.05, 3.63) is 71.4 Å². The molecular weight excluding hydrogens is 338 g/mol. The predicted molar refractivity (Wildman–Crippen MR) is 105 cm³/mol. The third kappa shape index (κ3) is 3.14. The summed E-state index contributed by atoms with van der Waals surface area (Å²) >= 11 is 0. The maximum Gasteiger partial charge on any atom is 0.252 e. The van der Waals surface area contributed by atoms with Gasteiger partial charge in [-0.1, -0.05) is 25.1 Å². The normalized spacial score (nSPS) is 12.4. The van der Waals surface area contributed by atoms with Crippen molar-refractivity contribution in [2.75, 3.05) is 0 Å². The van der Waals surface area contributed by atoms with E-state index in [1.807, 2.05) is 67.9 Å². The number of aromatic nitrogens is 4. The van der Waals surface area contributed by atoms with E-state index in [1.165, 1.54) is 0 Å². The van der Waals surface area contributed by atoms with E-state index >= 15 is 0 Å². The zero-order chi connectivity index (χ0) is 19.0. The van der Waals surface area contributed by atoms with Crippen LogP contribution in [0.15, 0.2) is 48.9 Å². The second kappa shape index (κ2) is 6.79. The number of nitrogens with one attached hydrogen (secondary N) is 1. The van der Waals surface area contributed by atoms with Gasteiger partial charge in [-0.25, -0.2) is 9.97 Å². The maximum atomic E-state index is 13.1. The summed E-state index contributed by atoms with van der Waals surface area (Å²) in [5, 5.41) is 3.99. The molecule has 6 nitrogen and oxygen atoms in total. The highest BCUT2D eigenvalue weighted by Gasteiger charge is 2.19. The number of hydrogen-bond acceptors (Lipinski definition) is 4. The lowest BCUT2D eigenvalue weighted by Crippen LogP contribution is -2.28. The third-order valence-corrected chi connectivity index (χ3v) is 4.74. The first-order valence-electron chi connectivity index (χ1n) is 9.04. The van der Waals surface area contributed by atoms with Gasteiger partial charge in [0.2, 0.25) is 5.78 Å². The Kier molecular flexibility index (Phi) is 4.32. The van der Waals surface area contributed by atoms with E-state index in [0.29, 0.717) is 11.3 Å². The Morgan fingerprint density at radius 2 is 2.07 bits per heavy atom. The smallest absolute Gasteiger partial charge is 0.252 e. The van der Waals surface area contributed by atoms with Crippen LogP contribution in [0.1, 0.15) is 46.7 Å². The number of carbonyl (C=O) groups excluding carboxylic acids is 1. The van der Waals surface area contributed by atoms with Crippen LogP contribution in [-0.4, -0.2) is 25.3 Å². The van der Waals surface area contributed by atoms with Crippen molar-refractivity contribution < 1.29 is 4.79 Å². The summed E-state index contributed by atoms with van der Waals surface area (Å²) < 4.78 is 1.86. The topological polar surface area (TPSA) is 72.2 Å². The SMILES string of the molecule is CCC(NC(=O)c1cc(C)nc2c(C)cccc12)c1cn2cccnc2n1. The molecule has 3 aromatic heterocycles. The van der Waals surface area contributed by atoms with E-state index in [9.17, 15) is 4.79 Å². The molecule has 0 spiro atoms. The lowest BCUT2D eigenvalue weighted by molar-refractivity contribution is 0.0936. The molecule has 0 bridgehead atoms. The lowest BCUT2D eigenvalue weighted by Gasteiger charge is -2.16. The van der Waals surface area contributed by atoms with Gasteiger partial charge < -0.3 is 5.32 Å². The fraction of sp³-hybridized carbons (Fsp3) is 0.238. The van der Waals surface area contributed by atoms with Crippen molar-refractivity contribution in [3.8, 4) is 0 Å². The van der Waals surface area contributed by atoms with Crippen LogP contribution >= 0.6 is 0 Å². The van der Waals surface area contributed by atoms with Crippen molar-refractivity contribution in [2.24, 2.45) is 0 Å². The summed E-state index contributed by atoms with van der Waals surface area (Å²) in [4.78, 5) is 26.5. The fourth-order valence-corrected chi connectivity index (χ4v) is 3.35. The predicted octanol–water partition coefficient (Wildman–Crippen LogP) is 3.78. The van der Waals surface area contributed by atoms with Crippen LogP contribution in [0.2, 0.25) is 0 Å². The number of imidazole rings is 1. The molecule has 0 fully saturated rings. The zero-order valence-electron chi connectivity index (χ0n) is 15.6. The minimum absolute atomic E-state index is 0.118. The first-order valence-corrected chi connectivity index (χ1v) is 9.04. The van der Waals surface area contributed by atoms with Crippen molar-refractivity contribution in [3.63, 3.8) is 0 Å². The molecule has 0 saturated heterocycles. The second-order valence-corrected chi connectivity index (χ2v) is 6.71. The van der Waals surface area contributed by atoms with E-state index in [4.69, 9.17) is 0 Å². The van der Waals surface area contributed by atoms with Crippen LogP contribution in [0.25, 0.3) is 16.7 Å². The molecule has 1 N–H and O–H groups in total. The molecule has 1 amide bonds. The number of nitrogens with zero attached hydrogens (tertiary/aromatic N) is 4. The Hall–Kier alpha value is -3.28. The number of hydrogen-bond donors (Lipinski definition) is 1. The van der Waals surface area contributed by atoms with Gasteiger partial charge in [-0.2, -0.15) is 0 Å². The van der Waals surface area contributed by atoms with Crippen molar-refractivity contribution in [1.82, 2.24) is 24.7 Å². The number of benzene rings is 1. The summed E-state index contributed by atoms with van der Waals surface area (Å²) in [5.41, 5.74) is 4.20. The average Bonchev–Trinajstić information content (AvgIpc) is 3.10. The number of carbonyl (C=O) groups is 1. The zero-order valence-corrected chi connectivity index (χ0v) is 15.6. The lowest BCUT2D eigenvalue weighted by atomic mass is 10.0. The van der Waals surface area contributed by atoms with Crippen molar-refractivity contribution >= 4 is 22.6 Å². The number of rotatable bonds is 4. The Morgan fingerprint density at radius 3 is 2.85 bits per heavy atom. The highest BCUT2D eigenvalue weighted by Crippen LogP contribution is 2.23. The minimum atomic E-state index is -0.187. The summed E-state index contributed by atoms with van der Waals surface area (Å²) in [6.07, 6.45) is 6.25. The molecule has 0 radical (unpaired) electrons. The molecule has 27 heavy (non-hydrogen) atoms. The Morgan fingerprint density at radius 1 is 1.22 bits per heavy atom. The fourth-order valence-electron chi connectivity index (χ4n) is 3.35. The van der Waals surface area contributed by atoms with Crippen molar-refractivity contribution in [2.45, 2.75) is 33.2 Å². The largest absolute Gasteiger partial charge is 0.344 e. The minimum Gasteiger partial charge on any atom is -0.344 e. The van der Waals surface area contributed by atoms with Gasteiger partial charge in [-0.05, 0) is 38.0 Å². The number of pyridine rings is 1. The monoisotopic (exact) mass is 359 g/mol. The van der Waals surface area contributed by atoms with Crippen LogP contribution in [0, 0.1) is 13.8 Å². The van der Waals surface area contributed by atoms with Gasteiger partial charge in [-0.15, -0.1) is 0 Å². The van der Waals surface area contributed by atoms with Gasteiger partial charge in [0.1, 0.15) is 0 Å². The molecule has 136 valence electrons. The number of fused-ring (bicyclic) bond motifs is 2. The van der Waals surface area contributed by atoms with Crippen LogP contribution in [0.4, 0.5) is 0 Å². The van der Waals surface area contributed by atoms with E-state index in [-0.39, 0.29) is 11.9 Å². The number of amides is 1. The van der Waals surface area contributed by atoms with Gasteiger partial charge >= 0.3 is 0 Å². The third-order valence-electron chi connectivity index (χ3n) is 4.74. The van der Waals surface area contributed by atoms with Crippen LogP contribution in [-0.2, 0) is 0 Å². The van der Waals surface area contributed by atoms with E-state index < -0.39 is 0 Å². The molecular formula is C21H21N5O. The Labute approximate surface area is 157 Å². The summed E-state index contributed by atoms with van der Waals surface area (Å²) in [5.74, 6) is 0.508. The number of para-hydroxylation sites is 1. The molecule has 1 unspecified atom stereocenters. The summed E-state index contributed by atoms with van der Waals surface area (Å²) in [6, 6.07) is 9.42. The quantitative estimate of drug-likeness (QED) is 0.602. The standard InChI is InChI=1S/C21H21N5O/c1-4-17(18-12-26-10-6-9-22-21(26)25-18)24-20(27)16-11-14(3)23-19-13(2)7-5-8-15(16)19/h5-12,17H,4H2,1-3H3,(H,24,27). The van der Waals surface area contributed by atoms with E-state index in [0.717, 1.165) is 34.3 Å². The number of aryl methyl sites for hydroxylation is 2. The molecule has 0 saturated carbocycles. The molecule has 4 aromatic rings. The molecule has 0 aliphatic carbocycles. The molecule has 1 aromatic carbocycles. The second-order valence-electron chi connectivity index (χ2n) is 6.71. The van der Waals surface area contributed by atoms with Gasteiger partial charge in [0.05, 0.1) is 22.8 Å². The molecule has 0 aliphatic heterocycles. The first-order chi connectivity index (χ1) is 13.1. The van der Waals surface area contributed by atoms with Crippen LogP contribution in [0.3, 0.4) is 0 Å². The summed E-state index contributed by atoms with van der Waals surface area (Å²) in [6.45, 7) is 5.95. The van der Waals surface area contributed by atoms with Crippen LogP contribution < -0.4 is 5.32 Å². The van der Waals surface area contributed by atoms with Gasteiger partial charge in [0, 0.05) is 29.7 Å².